The number of aliphatic imine (C=N–C) groups is 1. The van der Waals surface area contributed by atoms with Gasteiger partial charge in [-0.1, -0.05) is 19.0 Å². The van der Waals surface area contributed by atoms with Crippen LogP contribution in [0.5, 0.6) is 0 Å². The summed E-state index contributed by atoms with van der Waals surface area (Å²) in [5, 5.41) is 10.9. The summed E-state index contributed by atoms with van der Waals surface area (Å²) < 4.78 is 11.0. The van der Waals surface area contributed by atoms with Gasteiger partial charge >= 0.3 is 0 Å². The summed E-state index contributed by atoms with van der Waals surface area (Å²) in [7, 11) is 4.07. The number of halogens is 1. The molecule has 0 aromatic carbocycles. The van der Waals surface area contributed by atoms with Crippen molar-refractivity contribution in [2.75, 3.05) is 27.2 Å². The summed E-state index contributed by atoms with van der Waals surface area (Å²) in [5.41, 5.74) is 1.02. The van der Waals surface area contributed by atoms with Crippen LogP contribution in [0.15, 0.2) is 38.4 Å². The number of rotatable bonds is 10. The number of hydrogen-bond acceptors (Lipinski definition) is 5. The van der Waals surface area contributed by atoms with E-state index in [0.29, 0.717) is 19.0 Å². The van der Waals surface area contributed by atoms with Gasteiger partial charge in [0, 0.05) is 25.1 Å². The fourth-order valence-corrected chi connectivity index (χ4v) is 3.01. The molecule has 1 atom stereocenters. The third-order valence-electron chi connectivity index (χ3n) is 4.68. The van der Waals surface area contributed by atoms with E-state index in [4.69, 9.17) is 8.94 Å². The third kappa shape index (κ3) is 7.12. The molecule has 0 spiro atoms. The Morgan fingerprint density at radius 1 is 1.21 bits per heavy atom. The molecule has 2 N–H and O–H groups in total. The number of nitrogens with one attached hydrogen (secondary N) is 2. The van der Waals surface area contributed by atoms with E-state index >= 15 is 0 Å². The van der Waals surface area contributed by atoms with Gasteiger partial charge in [-0.25, -0.2) is 4.99 Å². The summed E-state index contributed by atoms with van der Waals surface area (Å²) in [5.74, 6) is 2.90. The molecule has 2 rings (SSSR count). The molecule has 0 bridgehead atoms. The standard InChI is InChI=1S/C20H33N5O2.HI/c1-6-15(7-2)17-12-16(27-24-17)13-22-20(21-8-3)23-14-18(25(4)5)19-10-9-11-26-19;/h9-12,15,18H,6-8,13-14H2,1-5H3,(H2,21,22,23);1H. The van der Waals surface area contributed by atoms with Gasteiger partial charge in [-0.3, -0.25) is 4.90 Å². The van der Waals surface area contributed by atoms with Gasteiger partial charge in [-0.15, -0.1) is 24.0 Å². The Labute approximate surface area is 185 Å². The van der Waals surface area contributed by atoms with Crippen LogP contribution in [0.25, 0.3) is 0 Å². The van der Waals surface area contributed by atoms with Crippen LogP contribution < -0.4 is 10.6 Å². The molecular formula is C20H34IN5O2. The Balaban J connectivity index is 0.00000392. The van der Waals surface area contributed by atoms with Crippen LogP contribution in [0.1, 0.15) is 62.8 Å². The van der Waals surface area contributed by atoms with Gasteiger partial charge in [0.05, 0.1) is 18.0 Å². The van der Waals surface area contributed by atoms with Crippen molar-refractivity contribution in [3.63, 3.8) is 0 Å². The zero-order valence-corrected chi connectivity index (χ0v) is 19.9. The maximum atomic E-state index is 5.56. The number of furan rings is 1. The van der Waals surface area contributed by atoms with Crippen molar-refractivity contribution in [2.24, 2.45) is 4.99 Å². The molecule has 0 aliphatic heterocycles. The number of hydrogen-bond donors (Lipinski definition) is 2. The van der Waals surface area contributed by atoms with Crippen molar-refractivity contribution in [3.8, 4) is 0 Å². The number of nitrogens with zero attached hydrogens (tertiary/aromatic N) is 3. The van der Waals surface area contributed by atoms with E-state index in [1.54, 1.807) is 6.26 Å². The van der Waals surface area contributed by atoms with E-state index in [2.05, 4.69) is 39.5 Å². The summed E-state index contributed by atoms with van der Waals surface area (Å²) in [6, 6.07) is 6.04. The molecule has 28 heavy (non-hydrogen) atoms. The van der Waals surface area contributed by atoms with Gasteiger partial charge in [0.15, 0.2) is 11.7 Å². The van der Waals surface area contributed by atoms with Crippen molar-refractivity contribution < 1.29 is 8.94 Å². The minimum Gasteiger partial charge on any atom is -0.468 e. The van der Waals surface area contributed by atoms with Crippen LogP contribution in [-0.4, -0.2) is 43.2 Å². The minimum atomic E-state index is 0. The maximum absolute atomic E-state index is 5.56. The molecule has 0 aliphatic rings. The second kappa shape index (κ2) is 12.8. The Morgan fingerprint density at radius 2 is 1.96 bits per heavy atom. The molecule has 0 aliphatic carbocycles. The van der Waals surface area contributed by atoms with Gasteiger partial charge in [0.1, 0.15) is 12.3 Å². The molecule has 2 aromatic rings. The second-order valence-electron chi connectivity index (χ2n) is 6.80. The lowest BCUT2D eigenvalue weighted by molar-refractivity contribution is 0.258. The van der Waals surface area contributed by atoms with Crippen molar-refractivity contribution in [2.45, 2.75) is 52.1 Å². The topological polar surface area (TPSA) is 78.8 Å². The fourth-order valence-electron chi connectivity index (χ4n) is 3.01. The lowest BCUT2D eigenvalue weighted by atomic mass is 9.99. The summed E-state index contributed by atoms with van der Waals surface area (Å²) >= 11 is 0. The number of aromatic nitrogens is 1. The Morgan fingerprint density at radius 3 is 2.54 bits per heavy atom. The Bertz CT molecular complexity index is 681. The van der Waals surface area contributed by atoms with E-state index in [-0.39, 0.29) is 30.0 Å². The molecule has 2 aromatic heterocycles. The highest BCUT2D eigenvalue weighted by molar-refractivity contribution is 14.0. The highest BCUT2D eigenvalue weighted by atomic mass is 127. The predicted molar refractivity (Wildman–Crippen MR) is 123 cm³/mol. The number of guanidine groups is 1. The normalized spacial score (nSPS) is 12.9. The quantitative estimate of drug-likeness (QED) is 0.288. The molecule has 0 saturated heterocycles. The summed E-state index contributed by atoms with van der Waals surface area (Å²) in [4.78, 5) is 6.75. The lowest BCUT2D eigenvalue weighted by Gasteiger charge is -2.23. The van der Waals surface area contributed by atoms with Gasteiger partial charge in [-0.05, 0) is 46.0 Å². The molecule has 1 unspecified atom stereocenters. The SMILES string of the molecule is CCNC(=NCc1cc(C(CC)CC)no1)NCC(c1ccco1)N(C)C.I. The van der Waals surface area contributed by atoms with Crippen molar-refractivity contribution >= 4 is 29.9 Å². The van der Waals surface area contributed by atoms with Gasteiger partial charge in [0.25, 0.3) is 0 Å². The first kappa shape index (κ1) is 24.5. The maximum Gasteiger partial charge on any atom is 0.191 e. The highest BCUT2D eigenvalue weighted by Gasteiger charge is 2.17. The van der Waals surface area contributed by atoms with E-state index < -0.39 is 0 Å². The van der Waals surface area contributed by atoms with Crippen LogP contribution in [0.3, 0.4) is 0 Å². The van der Waals surface area contributed by atoms with Crippen LogP contribution in [0.4, 0.5) is 0 Å². The van der Waals surface area contributed by atoms with Crippen molar-refractivity contribution in [1.29, 1.82) is 0 Å². The molecule has 158 valence electrons. The van der Waals surface area contributed by atoms with Crippen LogP contribution in [0.2, 0.25) is 0 Å². The van der Waals surface area contributed by atoms with E-state index in [0.717, 1.165) is 42.6 Å². The zero-order chi connectivity index (χ0) is 19.6. The molecular weight excluding hydrogens is 469 g/mol. The lowest BCUT2D eigenvalue weighted by Crippen LogP contribution is -2.41. The van der Waals surface area contributed by atoms with Gasteiger partial charge in [-0.2, -0.15) is 0 Å². The largest absolute Gasteiger partial charge is 0.468 e. The van der Waals surface area contributed by atoms with E-state index in [9.17, 15) is 0 Å². The summed E-state index contributed by atoms with van der Waals surface area (Å²) in [6.07, 6.45) is 3.83. The molecule has 0 fully saturated rings. The zero-order valence-electron chi connectivity index (χ0n) is 17.6. The first-order chi connectivity index (χ1) is 13.1. The van der Waals surface area contributed by atoms with Crippen molar-refractivity contribution in [3.05, 3.63) is 41.7 Å². The highest BCUT2D eigenvalue weighted by Crippen LogP contribution is 2.22. The van der Waals surface area contributed by atoms with Gasteiger partial charge in [0.2, 0.25) is 0 Å². The Kier molecular flexibility index (Phi) is 11.2. The molecule has 0 radical (unpaired) electrons. The first-order valence-corrected chi connectivity index (χ1v) is 9.76. The molecule has 2 heterocycles. The fraction of sp³-hybridized carbons (Fsp3) is 0.600. The number of likely N-dealkylation sites (N-methyl/N-ethyl adjacent to an activating group) is 1. The first-order valence-electron chi connectivity index (χ1n) is 9.76. The second-order valence-corrected chi connectivity index (χ2v) is 6.80. The van der Waals surface area contributed by atoms with Crippen LogP contribution in [-0.2, 0) is 6.54 Å². The van der Waals surface area contributed by atoms with Crippen LogP contribution >= 0.6 is 24.0 Å². The van der Waals surface area contributed by atoms with E-state index in [1.807, 2.05) is 39.2 Å². The van der Waals surface area contributed by atoms with Crippen molar-refractivity contribution in [1.82, 2.24) is 20.7 Å². The predicted octanol–water partition coefficient (Wildman–Crippen LogP) is 4.15. The smallest absolute Gasteiger partial charge is 0.191 e. The van der Waals surface area contributed by atoms with Gasteiger partial charge < -0.3 is 19.6 Å². The average Bonchev–Trinajstić information content (AvgIpc) is 3.33. The molecule has 0 amide bonds. The van der Waals surface area contributed by atoms with E-state index in [1.165, 1.54) is 0 Å². The van der Waals surface area contributed by atoms with Crippen LogP contribution in [0, 0.1) is 0 Å². The monoisotopic (exact) mass is 503 g/mol. The molecule has 0 saturated carbocycles. The average molecular weight is 503 g/mol. The summed E-state index contributed by atoms with van der Waals surface area (Å²) in [6.45, 7) is 8.32. The minimum absolute atomic E-state index is 0. The molecule has 7 nitrogen and oxygen atoms in total. The Hall–Kier alpha value is -1.55. The third-order valence-corrected chi connectivity index (χ3v) is 4.68. The molecule has 8 heteroatoms.